The minimum absolute atomic E-state index is 0.206. The van der Waals surface area contributed by atoms with Crippen LogP contribution in [0.2, 0.25) is 0 Å². The van der Waals surface area contributed by atoms with Gasteiger partial charge in [-0.2, -0.15) is 0 Å². The van der Waals surface area contributed by atoms with E-state index >= 15 is 0 Å². The molecule has 0 bridgehead atoms. The molecule has 0 spiro atoms. The first-order valence-corrected chi connectivity index (χ1v) is 10.6. The van der Waals surface area contributed by atoms with Crippen molar-refractivity contribution in [3.05, 3.63) is 37.2 Å². The van der Waals surface area contributed by atoms with Crippen molar-refractivity contribution in [2.45, 2.75) is 26.4 Å². The molecule has 8 nitrogen and oxygen atoms in total. The van der Waals surface area contributed by atoms with Crippen molar-refractivity contribution in [1.29, 1.82) is 0 Å². The van der Waals surface area contributed by atoms with Crippen LogP contribution in [0.1, 0.15) is 31.6 Å². The Bertz CT molecular complexity index is 1110. The molecule has 0 radical (unpaired) electrons. The number of nitrogens with one attached hydrogen (secondary N) is 2. The highest BCUT2D eigenvalue weighted by Crippen LogP contribution is 2.31. The Balaban J connectivity index is 1.63. The van der Waals surface area contributed by atoms with Crippen molar-refractivity contribution < 1.29 is 4.79 Å². The summed E-state index contributed by atoms with van der Waals surface area (Å²) in [4.78, 5) is 43.7. The van der Waals surface area contributed by atoms with Crippen LogP contribution in [0, 0.1) is 6.92 Å². The fourth-order valence-corrected chi connectivity index (χ4v) is 5.49. The monoisotopic (exact) mass is 418 g/mol. The zero-order valence-corrected chi connectivity index (χ0v) is 17.9. The summed E-state index contributed by atoms with van der Waals surface area (Å²) >= 11 is 2.77. The highest BCUT2D eigenvalue weighted by Gasteiger charge is 2.23. The summed E-state index contributed by atoms with van der Waals surface area (Å²) in [5.41, 5.74) is 1.52. The third kappa shape index (κ3) is 3.60. The Hall–Kier alpha value is -2.14. The zero-order chi connectivity index (χ0) is 20.0. The highest BCUT2D eigenvalue weighted by atomic mass is 32.1. The van der Waals surface area contributed by atoms with Gasteiger partial charge in [-0.15, -0.1) is 22.7 Å². The maximum atomic E-state index is 12.9. The van der Waals surface area contributed by atoms with Gasteiger partial charge in [-0.3, -0.25) is 14.9 Å². The number of aromatic amines is 1. The fourth-order valence-electron chi connectivity index (χ4n) is 3.31. The smallest absolute Gasteiger partial charge is 0.267 e. The molecule has 0 saturated heterocycles. The molecule has 0 saturated carbocycles. The second-order valence-corrected chi connectivity index (χ2v) is 9.40. The number of thiophene rings is 1. The quantitative estimate of drug-likeness (QED) is 0.674. The number of anilines is 1. The van der Waals surface area contributed by atoms with Crippen LogP contribution in [0.4, 0.5) is 5.13 Å². The van der Waals surface area contributed by atoms with E-state index in [9.17, 15) is 9.59 Å². The molecule has 4 heterocycles. The first-order chi connectivity index (χ1) is 13.3. The third-order valence-electron chi connectivity index (χ3n) is 4.66. The van der Waals surface area contributed by atoms with Crippen LogP contribution in [0.25, 0.3) is 10.2 Å². The predicted octanol–water partition coefficient (Wildman–Crippen LogP) is 2.05. The number of thiazole rings is 1. The number of aryl methyl sites for hydroxylation is 1. The second kappa shape index (κ2) is 7.36. The molecule has 0 fully saturated rings. The van der Waals surface area contributed by atoms with E-state index in [0.29, 0.717) is 38.2 Å². The number of amides is 1. The SMILES string of the molecule is Cc1c(C(=O)Nc2nc3c(s2)CN(C)CC3)sc2nc(CN(C)C)[nH]c(=O)c12. The number of hydrogen-bond acceptors (Lipinski definition) is 8. The second-order valence-electron chi connectivity index (χ2n) is 7.32. The molecule has 10 heteroatoms. The van der Waals surface area contributed by atoms with Crippen molar-refractivity contribution in [2.75, 3.05) is 33.0 Å². The normalized spacial score (nSPS) is 14.6. The molecule has 28 heavy (non-hydrogen) atoms. The van der Waals surface area contributed by atoms with Crippen LogP contribution < -0.4 is 10.9 Å². The van der Waals surface area contributed by atoms with Gasteiger partial charge in [0.05, 0.1) is 22.5 Å². The van der Waals surface area contributed by atoms with Crippen LogP contribution in [-0.4, -0.2) is 58.3 Å². The van der Waals surface area contributed by atoms with E-state index in [1.54, 1.807) is 6.92 Å². The molecule has 0 aliphatic carbocycles. The first kappa shape index (κ1) is 19.2. The number of likely N-dealkylation sites (N-methyl/N-ethyl adjacent to an activating group) is 1. The number of carbonyl (C=O) groups is 1. The lowest BCUT2D eigenvalue weighted by molar-refractivity contribution is 0.103. The summed E-state index contributed by atoms with van der Waals surface area (Å²) in [6.07, 6.45) is 0.897. The topological polar surface area (TPSA) is 94.2 Å². The van der Waals surface area contributed by atoms with E-state index in [-0.39, 0.29) is 11.5 Å². The maximum absolute atomic E-state index is 12.9. The van der Waals surface area contributed by atoms with Gasteiger partial charge in [0, 0.05) is 24.4 Å². The minimum Gasteiger partial charge on any atom is -0.309 e. The lowest BCUT2D eigenvalue weighted by Crippen LogP contribution is -2.25. The van der Waals surface area contributed by atoms with E-state index in [4.69, 9.17) is 0 Å². The van der Waals surface area contributed by atoms with Gasteiger partial charge in [-0.1, -0.05) is 0 Å². The Morgan fingerprint density at radius 3 is 2.86 bits per heavy atom. The number of fused-ring (bicyclic) bond motifs is 2. The molecule has 3 aromatic heterocycles. The molecule has 148 valence electrons. The van der Waals surface area contributed by atoms with Crippen molar-refractivity contribution in [2.24, 2.45) is 0 Å². The Morgan fingerprint density at radius 1 is 1.32 bits per heavy atom. The van der Waals surface area contributed by atoms with Gasteiger partial charge in [0.15, 0.2) is 5.13 Å². The summed E-state index contributed by atoms with van der Waals surface area (Å²) in [7, 11) is 5.90. The summed E-state index contributed by atoms with van der Waals surface area (Å²) in [5.74, 6) is 0.348. The molecule has 0 unspecified atom stereocenters. The standard InChI is InChI=1S/C18H22N6O2S2/c1-9-13-15(25)20-12(8-23(2)3)21-17(13)28-14(9)16(26)22-18-19-10-5-6-24(4)7-11(10)27-18/h5-8H2,1-4H3,(H,19,22,26)(H,20,21,25). The number of H-pyrrole nitrogens is 1. The van der Waals surface area contributed by atoms with Crippen molar-refractivity contribution in [1.82, 2.24) is 24.8 Å². The first-order valence-electron chi connectivity index (χ1n) is 8.97. The van der Waals surface area contributed by atoms with Crippen LogP contribution in [-0.2, 0) is 19.5 Å². The summed E-state index contributed by atoms with van der Waals surface area (Å²) in [5, 5.41) is 4.00. The van der Waals surface area contributed by atoms with Gasteiger partial charge in [0.2, 0.25) is 0 Å². The molecule has 0 aromatic carbocycles. The number of carbonyl (C=O) groups excluding carboxylic acids is 1. The van der Waals surface area contributed by atoms with Crippen LogP contribution in [0.15, 0.2) is 4.79 Å². The Kier molecular flexibility index (Phi) is 5.04. The largest absolute Gasteiger partial charge is 0.309 e. The van der Waals surface area contributed by atoms with E-state index in [1.807, 2.05) is 19.0 Å². The van der Waals surface area contributed by atoms with E-state index in [0.717, 1.165) is 25.2 Å². The number of nitrogens with zero attached hydrogens (tertiary/aromatic N) is 4. The highest BCUT2D eigenvalue weighted by molar-refractivity contribution is 7.21. The summed E-state index contributed by atoms with van der Waals surface area (Å²) in [6.45, 7) is 4.16. The fraction of sp³-hybridized carbons (Fsp3) is 0.444. The van der Waals surface area contributed by atoms with Gasteiger partial charge >= 0.3 is 0 Å². The average Bonchev–Trinajstić information content (AvgIpc) is 3.14. The Morgan fingerprint density at radius 2 is 2.11 bits per heavy atom. The lowest BCUT2D eigenvalue weighted by atomic mass is 10.2. The number of aromatic nitrogens is 3. The maximum Gasteiger partial charge on any atom is 0.267 e. The molecular weight excluding hydrogens is 396 g/mol. The van der Waals surface area contributed by atoms with E-state index in [1.165, 1.54) is 27.6 Å². The van der Waals surface area contributed by atoms with Crippen molar-refractivity contribution in [3.63, 3.8) is 0 Å². The average molecular weight is 419 g/mol. The van der Waals surface area contributed by atoms with Crippen LogP contribution in [0.5, 0.6) is 0 Å². The molecule has 2 N–H and O–H groups in total. The van der Waals surface area contributed by atoms with Crippen LogP contribution in [0.3, 0.4) is 0 Å². The molecule has 0 atom stereocenters. The Labute approximate surface area is 170 Å². The molecule has 1 amide bonds. The summed E-state index contributed by atoms with van der Waals surface area (Å²) in [6, 6.07) is 0. The van der Waals surface area contributed by atoms with Crippen LogP contribution >= 0.6 is 22.7 Å². The van der Waals surface area contributed by atoms with Crippen molar-refractivity contribution >= 4 is 43.9 Å². The van der Waals surface area contributed by atoms with Gasteiger partial charge in [-0.05, 0) is 33.6 Å². The van der Waals surface area contributed by atoms with E-state index < -0.39 is 0 Å². The zero-order valence-electron chi connectivity index (χ0n) is 16.3. The van der Waals surface area contributed by atoms with Crippen molar-refractivity contribution in [3.8, 4) is 0 Å². The van der Waals surface area contributed by atoms with Gasteiger partial charge < -0.3 is 14.8 Å². The number of rotatable bonds is 4. The third-order valence-corrected chi connectivity index (χ3v) is 6.85. The lowest BCUT2D eigenvalue weighted by Gasteiger charge is -2.20. The molecular formula is C18H22N6O2S2. The summed E-state index contributed by atoms with van der Waals surface area (Å²) < 4.78 is 0. The van der Waals surface area contributed by atoms with Gasteiger partial charge in [0.1, 0.15) is 10.7 Å². The molecule has 4 rings (SSSR count). The van der Waals surface area contributed by atoms with E-state index in [2.05, 4.69) is 32.2 Å². The molecule has 3 aromatic rings. The van der Waals surface area contributed by atoms with Gasteiger partial charge in [-0.25, -0.2) is 9.97 Å². The molecule has 1 aliphatic heterocycles. The predicted molar refractivity (Wildman–Crippen MR) is 112 cm³/mol. The van der Waals surface area contributed by atoms with Gasteiger partial charge in [0.25, 0.3) is 11.5 Å². The minimum atomic E-state index is -0.242. The number of hydrogen-bond donors (Lipinski definition) is 2. The molecule has 1 aliphatic rings.